The Kier molecular flexibility index (Phi) is 9.27. The second kappa shape index (κ2) is 9.82. The number of rotatable bonds is 7. The van der Waals surface area contributed by atoms with Gasteiger partial charge in [-0.3, -0.25) is 4.79 Å². The van der Waals surface area contributed by atoms with Gasteiger partial charge in [-0.2, -0.15) is 0 Å². The highest BCUT2D eigenvalue weighted by Crippen LogP contribution is 2.19. The molecule has 0 spiro atoms. The number of likely N-dealkylation sites (N-methyl/N-ethyl adjacent to an activating group) is 1. The summed E-state index contributed by atoms with van der Waals surface area (Å²) in [6.45, 7) is 5.74. The third kappa shape index (κ3) is 6.60. The monoisotopic (exact) mass is 284 g/mol. The predicted octanol–water partition coefficient (Wildman–Crippen LogP) is 2.50. The lowest BCUT2D eigenvalue weighted by Crippen LogP contribution is -2.31. The van der Waals surface area contributed by atoms with Crippen LogP contribution in [0.15, 0.2) is 24.3 Å². The fraction of sp³-hybridized carbons (Fsp3) is 0.533. The lowest BCUT2D eigenvalue weighted by atomic mass is 9.96. The van der Waals surface area contributed by atoms with E-state index in [9.17, 15) is 4.79 Å². The first-order valence-corrected chi connectivity index (χ1v) is 6.67. The van der Waals surface area contributed by atoms with E-state index < -0.39 is 0 Å². The molecule has 1 aromatic carbocycles. The van der Waals surface area contributed by atoms with Crippen molar-refractivity contribution in [2.75, 3.05) is 20.1 Å². The van der Waals surface area contributed by atoms with Crippen LogP contribution in [-0.2, 0) is 11.2 Å². The van der Waals surface area contributed by atoms with Crippen LogP contribution in [0.2, 0.25) is 0 Å². The number of halogens is 1. The minimum absolute atomic E-state index is 0. The molecule has 1 rings (SSSR count). The van der Waals surface area contributed by atoms with Gasteiger partial charge in [-0.25, -0.2) is 0 Å². The third-order valence-corrected chi connectivity index (χ3v) is 3.15. The number of amides is 1. The molecule has 0 radical (unpaired) electrons. The van der Waals surface area contributed by atoms with E-state index in [0.29, 0.717) is 13.0 Å². The summed E-state index contributed by atoms with van der Waals surface area (Å²) < 4.78 is 0. The summed E-state index contributed by atoms with van der Waals surface area (Å²) in [4.78, 5) is 11.7. The molecule has 108 valence electrons. The Labute approximate surface area is 122 Å². The highest BCUT2D eigenvalue weighted by atomic mass is 35.5. The summed E-state index contributed by atoms with van der Waals surface area (Å²) in [7, 11) is 1.88. The second-order valence-corrected chi connectivity index (χ2v) is 4.65. The van der Waals surface area contributed by atoms with Crippen LogP contribution in [0.5, 0.6) is 0 Å². The standard InChI is InChI=1S/C15H24N2O.ClH/c1-4-13-5-7-14(8-6-13)12(2)11-15(18)17-10-9-16-3;/h5-8,12,16H,4,9-11H2,1-3H3,(H,17,18);1H. The summed E-state index contributed by atoms with van der Waals surface area (Å²) in [6, 6.07) is 8.55. The van der Waals surface area contributed by atoms with E-state index in [4.69, 9.17) is 0 Å². The maximum absolute atomic E-state index is 11.7. The molecule has 0 saturated heterocycles. The molecule has 3 nitrogen and oxygen atoms in total. The molecular formula is C15H25ClN2O. The molecule has 0 bridgehead atoms. The Morgan fingerprint density at radius 3 is 2.37 bits per heavy atom. The molecule has 19 heavy (non-hydrogen) atoms. The molecule has 0 fully saturated rings. The summed E-state index contributed by atoms with van der Waals surface area (Å²) in [5, 5.41) is 5.91. The Morgan fingerprint density at radius 1 is 1.21 bits per heavy atom. The number of aryl methyl sites for hydroxylation is 1. The van der Waals surface area contributed by atoms with Crippen LogP contribution < -0.4 is 10.6 Å². The molecule has 2 N–H and O–H groups in total. The number of carbonyl (C=O) groups is 1. The van der Waals surface area contributed by atoms with Gasteiger partial charge in [-0.15, -0.1) is 12.4 Å². The van der Waals surface area contributed by atoms with Gasteiger partial charge in [0.05, 0.1) is 0 Å². The molecule has 4 heteroatoms. The van der Waals surface area contributed by atoms with Crippen molar-refractivity contribution in [2.24, 2.45) is 0 Å². The van der Waals surface area contributed by atoms with Crippen LogP contribution in [0.1, 0.15) is 37.3 Å². The number of nitrogens with one attached hydrogen (secondary N) is 2. The van der Waals surface area contributed by atoms with Crippen molar-refractivity contribution in [1.82, 2.24) is 10.6 Å². The molecule has 1 atom stereocenters. The van der Waals surface area contributed by atoms with Gasteiger partial charge in [0, 0.05) is 19.5 Å². The Bertz CT molecular complexity index is 365. The molecule has 0 heterocycles. The molecule has 1 amide bonds. The van der Waals surface area contributed by atoms with E-state index in [1.54, 1.807) is 0 Å². The fourth-order valence-electron chi connectivity index (χ4n) is 1.88. The number of carbonyl (C=O) groups excluding carboxylic acids is 1. The molecule has 0 aliphatic carbocycles. The first-order valence-electron chi connectivity index (χ1n) is 6.67. The van der Waals surface area contributed by atoms with Crippen molar-refractivity contribution in [3.8, 4) is 0 Å². The van der Waals surface area contributed by atoms with Crippen LogP contribution in [0, 0.1) is 0 Å². The fourth-order valence-corrected chi connectivity index (χ4v) is 1.88. The topological polar surface area (TPSA) is 41.1 Å². The maximum Gasteiger partial charge on any atom is 0.220 e. The zero-order chi connectivity index (χ0) is 13.4. The Morgan fingerprint density at radius 2 is 1.84 bits per heavy atom. The van der Waals surface area contributed by atoms with E-state index in [-0.39, 0.29) is 24.2 Å². The molecular weight excluding hydrogens is 260 g/mol. The maximum atomic E-state index is 11.7. The van der Waals surface area contributed by atoms with Crippen LogP contribution in [0.3, 0.4) is 0 Å². The average Bonchev–Trinajstić information content (AvgIpc) is 2.39. The van der Waals surface area contributed by atoms with Crippen molar-refractivity contribution in [3.05, 3.63) is 35.4 Å². The van der Waals surface area contributed by atoms with Crippen molar-refractivity contribution in [2.45, 2.75) is 32.6 Å². The smallest absolute Gasteiger partial charge is 0.220 e. The van der Waals surface area contributed by atoms with Gasteiger partial charge in [0.15, 0.2) is 0 Å². The predicted molar refractivity (Wildman–Crippen MR) is 83.0 cm³/mol. The quantitative estimate of drug-likeness (QED) is 0.756. The van der Waals surface area contributed by atoms with Gasteiger partial charge >= 0.3 is 0 Å². The molecule has 1 unspecified atom stereocenters. The van der Waals surface area contributed by atoms with Crippen molar-refractivity contribution < 1.29 is 4.79 Å². The van der Waals surface area contributed by atoms with E-state index >= 15 is 0 Å². The lowest BCUT2D eigenvalue weighted by molar-refractivity contribution is -0.121. The van der Waals surface area contributed by atoms with Gasteiger partial charge in [0.1, 0.15) is 0 Å². The van der Waals surface area contributed by atoms with E-state index in [1.165, 1.54) is 11.1 Å². The zero-order valence-corrected chi connectivity index (χ0v) is 12.8. The van der Waals surface area contributed by atoms with Crippen LogP contribution in [-0.4, -0.2) is 26.0 Å². The molecule has 0 aliphatic rings. The molecule has 1 aromatic rings. The molecule has 0 aliphatic heterocycles. The van der Waals surface area contributed by atoms with Crippen LogP contribution >= 0.6 is 12.4 Å². The average molecular weight is 285 g/mol. The zero-order valence-electron chi connectivity index (χ0n) is 12.0. The molecule has 0 aromatic heterocycles. The summed E-state index contributed by atoms with van der Waals surface area (Å²) in [6.07, 6.45) is 1.61. The van der Waals surface area contributed by atoms with Crippen molar-refractivity contribution in [1.29, 1.82) is 0 Å². The molecule has 0 saturated carbocycles. The van der Waals surface area contributed by atoms with Gasteiger partial charge < -0.3 is 10.6 Å². The van der Waals surface area contributed by atoms with E-state index in [1.807, 2.05) is 7.05 Å². The Hall–Kier alpha value is -1.06. The van der Waals surface area contributed by atoms with E-state index in [2.05, 4.69) is 48.7 Å². The number of benzene rings is 1. The lowest BCUT2D eigenvalue weighted by Gasteiger charge is -2.12. The van der Waals surface area contributed by atoms with Gasteiger partial charge in [-0.1, -0.05) is 38.1 Å². The summed E-state index contributed by atoms with van der Waals surface area (Å²) in [5.41, 5.74) is 2.57. The first kappa shape index (κ1) is 17.9. The highest BCUT2D eigenvalue weighted by Gasteiger charge is 2.10. The van der Waals surface area contributed by atoms with Crippen molar-refractivity contribution in [3.63, 3.8) is 0 Å². The Balaban J connectivity index is 0.00000324. The summed E-state index contributed by atoms with van der Waals surface area (Å²) >= 11 is 0. The van der Waals surface area contributed by atoms with Gasteiger partial charge in [0.25, 0.3) is 0 Å². The van der Waals surface area contributed by atoms with Gasteiger partial charge in [-0.05, 0) is 30.5 Å². The minimum Gasteiger partial charge on any atom is -0.355 e. The largest absolute Gasteiger partial charge is 0.355 e. The normalized spacial score (nSPS) is 11.5. The SMILES string of the molecule is CCc1ccc(C(C)CC(=O)NCCNC)cc1.Cl. The second-order valence-electron chi connectivity index (χ2n) is 4.65. The number of hydrogen-bond donors (Lipinski definition) is 2. The van der Waals surface area contributed by atoms with Crippen LogP contribution in [0.4, 0.5) is 0 Å². The highest BCUT2D eigenvalue weighted by molar-refractivity contribution is 5.85. The number of hydrogen-bond acceptors (Lipinski definition) is 2. The third-order valence-electron chi connectivity index (χ3n) is 3.15. The first-order chi connectivity index (χ1) is 8.67. The van der Waals surface area contributed by atoms with Gasteiger partial charge in [0.2, 0.25) is 5.91 Å². The van der Waals surface area contributed by atoms with Crippen molar-refractivity contribution >= 4 is 18.3 Å². The van der Waals surface area contributed by atoms with Crippen LogP contribution in [0.25, 0.3) is 0 Å². The van der Waals surface area contributed by atoms with E-state index in [0.717, 1.165) is 13.0 Å². The minimum atomic E-state index is 0. The summed E-state index contributed by atoms with van der Waals surface area (Å²) in [5.74, 6) is 0.391.